The van der Waals surface area contributed by atoms with Crippen LogP contribution in [0.4, 0.5) is 11.4 Å². The van der Waals surface area contributed by atoms with Crippen LogP contribution >= 0.6 is 0 Å². The van der Waals surface area contributed by atoms with Crippen molar-refractivity contribution in [3.63, 3.8) is 0 Å². The number of aryl methyl sites for hydroxylation is 1. The average Bonchev–Trinajstić information content (AvgIpc) is 3.61. The molecule has 8 aromatic carbocycles. The molecule has 0 spiro atoms. The fourth-order valence-electron chi connectivity index (χ4n) is 7.97. The zero-order valence-corrected chi connectivity index (χ0v) is 28.7. The summed E-state index contributed by atoms with van der Waals surface area (Å²) in [5.74, 6) is 0.945. The van der Waals surface area contributed by atoms with E-state index in [-0.39, 0.29) is 0 Å². The summed E-state index contributed by atoms with van der Waals surface area (Å²) in [5.41, 5.74) is 12.7. The van der Waals surface area contributed by atoms with E-state index in [4.69, 9.17) is 4.42 Å². The molecule has 0 atom stereocenters. The van der Waals surface area contributed by atoms with Gasteiger partial charge in [-0.3, -0.25) is 0 Å². The Bertz CT molecular complexity index is 2770. The van der Waals surface area contributed by atoms with Crippen LogP contribution in [0.2, 0.25) is 0 Å². The van der Waals surface area contributed by atoms with Gasteiger partial charge in [-0.2, -0.15) is 0 Å². The fourth-order valence-corrected chi connectivity index (χ4v) is 7.97. The normalized spacial score (nSPS) is 12.6. The molecular weight excluding hydrogens is 631 g/mol. The number of benzene rings is 8. The minimum Gasteiger partial charge on any atom is -0.454 e. The molecule has 0 bridgehead atoms. The van der Waals surface area contributed by atoms with Crippen molar-refractivity contribution in [1.82, 2.24) is 0 Å². The Labute approximate surface area is 303 Å². The van der Waals surface area contributed by atoms with Gasteiger partial charge >= 0.3 is 0 Å². The molecule has 0 amide bonds. The Morgan fingerprint density at radius 3 is 1.87 bits per heavy atom. The first-order chi connectivity index (χ1) is 25.8. The topological polar surface area (TPSA) is 16.4 Å². The van der Waals surface area contributed by atoms with Crippen molar-refractivity contribution in [3.05, 3.63) is 199 Å². The molecule has 52 heavy (non-hydrogen) atoms. The molecule has 1 aliphatic carbocycles. The molecule has 0 N–H and O–H groups in total. The molecule has 2 nitrogen and oxygen atoms in total. The van der Waals surface area contributed by atoms with Gasteiger partial charge in [0.15, 0.2) is 5.76 Å². The Balaban J connectivity index is 1.14. The molecular formula is C50H35NO. The molecule has 10 rings (SSSR count). The molecule has 2 heteroatoms. The predicted octanol–water partition coefficient (Wildman–Crippen LogP) is 13.9. The van der Waals surface area contributed by atoms with Crippen molar-refractivity contribution < 1.29 is 4.42 Å². The van der Waals surface area contributed by atoms with Crippen molar-refractivity contribution in [3.8, 4) is 33.4 Å². The second-order valence-corrected chi connectivity index (χ2v) is 13.6. The summed E-state index contributed by atoms with van der Waals surface area (Å²) in [4.78, 5) is 2.39. The van der Waals surface area contributed by atoms with Gasteiger partial charge in [0.1, 0.15) is 5.58 Å². The van der Waals surface area contributed by atoms with E-state index in [0.29, 0.717) is 0 Å². The highest BCUT2D eigenvalue weighted by molar-refractivity contribution is 6.13. The quantitative estimate of drug-likeness (QED) is 0.176. The van der Waals surface area contributed by atoms with Crippen LogP contribution in [0, 0.1) is 0 Å². The third kappa shape index (κ3) is 5.20. The summed E-state index contributed by atoms with van der Waals surface area (Å²) in [5, 5.41) is 6.04. The van der Waals surface area contributed by atoms with E-state index in [1.54, 1.807) is 0 Å². The Morgan fingerprint density at radius 1 is 0.423 bits per heavy atom. The number of fused-ring (bicyclic) bond motifs is 6. The first-order valence-corrected chi connectivity index (χ1v) is 18.1. The molecule has 9 aromatic rings. The summed E-state index contributed by atoms with van der Waals surface area (Å²) < 4.78 is 7.07. The molecule has 0 aliphatic heterocycles. The van der Waals surface area contributed by atoms with Crippen molar-refractivity contribution in [1.29, 1.82) is 0 Å². The highest BCUT2D eigenvalue weighted by Gasteiger charge is 2.28. The lowest BCUT2D eigenvalue weighted by atomic mass is 9.92. The van der Waals surface area contributed by atoms with E-state index in [9.17, 15) is 0 Å². The van der Waals surface area contributed by atoms with Crippen LogP contribution in [0.25, 0.3) is 71.6 Å². The van der Waals surface area contributed by atoms with Gasteiger partial charge in [0.25, 0.3) is 0 Å². The number of allylic oxidation sites excluding steroid dienone is 1. The van der Waals surface area contributed by atoms with Crippen LogP contribution in [0.1, 0.15) is 17.7 Å². The lowest BCUT2D eigenvalue weighted by molar-refractivity contribution is 0.591. The van der Waals surface area contributed by atoms with Gasteiger partial charge in [-0.1, -0.05) is 152 Å². The third-order valence-electron chi connectivity index (χ3n) is 10.5. The molecule has 0 radical (unpaired) electrons. The molecule has 0 fully saturated rings. The van der Waals surface area contributed by atoms with Gasteiger partial charge < -0.3 is 9.32 Å². The Kier molecular flexibility index (Phi) is 7.32. The standard InChI is InChI=1S/C50H35NO/c1-3-13-34(14-4-1)39-19-11-20-42(32-39)51(41-29-27-36(28-30-41)40-26-25-35-15-7-8-18-38(35)31-40)48-24-12-23-45-47-33-46(37-16-5-2-6-17-37)43-21-9-10-22-44(43)49(47)52-50(45)48/h1-11,13-22,24-33H,12,23H2. The van der Waals surface area contributed by atoms with Crippen molar-refractivity contribution >= 4 is 49.6 Å². The average molecular weight is 666 g/mol. The van der Waals surface area contributed by atoms with Gasteiger partial charge in [-0.25, -0.2) is 0 Å². The highest BCUT2D eigenvalue weighted by atomic mass is 16.3. The second-order valence-electron chi connectivity index (χ2n) is 13.6. The first kappa shape index (κ1) is 30.2. The van der Waals surface area contributed by atoms with Gasteiger partial charge in [-0.05, 0) is 98.8 Å². The van der Waals surface area contributed by atoms with Crippen LogP contribution in [-0.4, -0.2) is 0 Å². The lowest BCUT2D eigenvalue weighted by Crippen LogP contribution is -2.18. The first-order valence-electron chi connectivity index (χ1n) is 18.1. The largest absolute Gasteiger partial charge is 0.454 e. The summed E-state index contributed by atoms with van der Waals surface area (Å²) in [6, 6.07) is 65.5. The highest BCUT2D eigenvalue weighted by Crippen LogP contribution is 2.46. The maximum atomic E-state index is 7.07. The molecule has 1 heterocycles. The van der Waals surface area contributed by atoms with Gasteiger partial charge in [0.05, 0.1) is 5.70 Å². The van der Waals surface area contributed by atoms with Crippen LogP contribution in [0.3, 0.4) is 0 Å². The monoisotopic (exact) mass is 665 g/mol. The van der Waals surface area contributed by atoms with Crippen LogP contribution in [-0.2, 0) is 6.42 Å². The molecule has 1 aromatic heterocycles. The predicted molar refractivity (Wildman–Crippen MR) is 219 cm³/mol. The van der Waals surface area contributed by atoms with E-state index in [1.807, 2.05) is 0 Å². The minimum atomic E-state index is 0.925. The van der Waals surface area contributed by atoms with Crippen LogP contribution in [0.5, 0.6) is 0 Å². The number of nitrogens with zero attached hydrogens (tertiary/aromatic N) is 1. The SMILES string of the molecule is C1=C(N(c2ccc(-c3ccc4ccccc4c3)cc2)c2cccc(-c3ccccc3)c2)c2oc3c(cc(-c4ccccc4)c4ccccc43)c2CC1. The Morgan fingerprint density at radius 2 is 1.06 bits per heavy atom. The maximum Gasteiger partial charge on any atom is 0.155 e. The van der Waals surface area contributed by atoms with Crippen molar-refractivity contribution in [2.45, 2.75) is 12.8 Å². The maximum absolute atomic E-state index is 7.07. The fraction of sp³-hybridized carbons (Fsp3) is 0.0400. The summed E-state index contributed by atoms with van der Waals surface area (Å²) in [6.07, 6.45) is 4.21. The van der Waals surface area contributed by atoms with E-state index < -0.39 is 0 Å². The molecule has 246 valence electrons. The van der Waals surface area contributed by atoms with Crippen molar-refractivity contribution in [2.75, 3.05) is 4.90 Å². The number of rotatable bonds is 6. The smallest absolute Gasteiger partial charge is 0.155 e. The second kappa shape index (κ2) is 12.6. The molecule has 0 saturated carbocycles. The van der Waals surface area contributed by atoms with E-state index in [2.05, 4.69) is 193 Å². The van der Waals surface area contributed by atoms with E-state index in [0.717, 1.165) is 46.6 Å². The third-order valence-corrected chi connectivity index (χ3v) is 10.5. The molecule has 1 aliphatic rings. The van der Waals surface area contributed by atoms with Crippen molar-refractivity contribution in [2.24, 2.45) is 0 Å². The minimum absolute atomic E-state index is 0.925. The summed E-state index contributed by atoms with van der Waals surface area (Å²) >= 11 is 0. The number of anilines is 2. The zero-order valence-electron chi connectivity index (χ0n) is 28.7. The van der Waals surface area contributed by atoms with Crippen LogP contribution < -0.4 is 4.90 Å². The molecule has 0 unspecified atom stereocenters. The summed E-state index contributed by atoms with van der Waals surface area (Å²) in [7, 11) is 0. The zero-order chi connectivity index (χ0) is 34.4. The van der Waals surface area contributed by atoms with Gasteiger partial charge in [0.2, 0.25) is 0 Å². The number of hydrogen-bond acceptors (Lipinski definition) is 2. The number of furan rings is 1. The van der Waals surface area contributed by atoms with E-state index >= 15 is 0 Å². The molecule has 0 saturated heterocycles. The van der Waals surface area contributed by atoms with E-state index in [1.165, 1.54) is 60.5 Å². The summed E-state index contributed by atoms with van der Waals surface area (Å²) in [6.45, 7) is 0. The lowest BCUT2D eigenvalue weighted by Gasteiger charge is -2.29. The number of hydrogen-bond donors (Lipinski definition) is 0. The van der Waals surface area contributed by atoms with Crippen LogP contribution in [0.15, 0.2) is 192 Å². The Hall–Kier alpha value is -6.64. The van der Waals surface area contributed by atoms with Gasteiger partial charge in [-0.15, -0.1) is 0 Å². The van der Waals surface area contributed by atoms with Gasteiger partial charge in [0, 0.05) is 27.7 Å².